The number of fused-ring (bicyclic) bond motifs is 1. The van der Waals surface area contributed by atoms with Crippen molar-refractivity contribution in [2.24, 2.45) is 7.05 Å². The quantitative estimate of drug-likeness (QED) is 0.635. The molecule has 1 aliphatic rings. The Kier molecular flexibility index (Phi) is 4.81. The van der Waals surface area contributed by atoms with Crippen molar-refractivity contribution < 1.29 is 36.2 Å². The molecule has 31 heavy (non-hydrogen) atoms. The van der Waals surface area contributed by atoms with Crippen LogP contribution >= 0.6 is 0 Å². The highest BCUT2D eigenvalue weighted by Crippen LogP contribution is 2.46. The van der Waals surface area contributed by atoms with Gasteiger partial charge in [-0.1, -0.05) is 18.2 Å². The molecule has 0 spiro atoms. The van der Waals surface area contributed by atoms with E-state index in [0.29, 0.717) is 0 Å². The topological polar surface area (TPSA) is 109 Å². The predicted molar refractivity (Wildman–Crippen MR) is 102 cm³/mol. The van der Waals surface area contributed by atoms with Crippen molar-refractivity contribution in [1.82, 2.24) is 14.3 Å². The number of nitrogens with one attached hydrogen (secondary N) is 1. The lowest BCUT2D eigenvalue weighted by Crippen LogP contribution is -2.31. The molecule has 12 heteroatoms. The Bertz CT molecular complexity index is 1290. The first-order valence-corrected chi connectivity index (χ1v) is 10.2. The van der Waals surface area contributed by atoms with E-state index in [1.165, 1.54) is 61.3 Å². The van der Waals surface area contributed by atoms with Gasteiger partial charge in [0.25, 0.3) is 15.9 Å². The molecule has 3 aromatic rings. The fourth-order valence-corrected chi connectivity index (χ4v) is 4.17. The number of imidazole rings is 1. The second-order valence-corrected chi connectivity index (χ2v) is 8.10. The normalized spacial score (nSPS) is 14.3. The van der Waals surface area contributed by atoms with E-state index in [4.69, 9.17) is 4.74 Å². The molecule has 1 aliphatic heterocycles. The Morgan fingerprint density at radius 3 is 2.65 bits per heavy atom. The van der Waals surface area contributed by atoms with Crippen LogP contribution in [-0.2, 0) is 17.1 Å². The molecule has 1 aromatic heterocycles. The number of hydrogen-bond acceptors (Lipinski definition) is 7. The summed E-state index contributed by atoms with van der Waals surface area (Å²) in [5, 5.41) is 0. The summed E-state index contributed by atoms with van der Waals surface area (Å²) < 4.78 is 69.5. The van der Waals surface area contributed by atoms with Crippen LogP contribution in [0, 0.1) is 0 Å². The second kappa shape index (κ2) is 7.23. The third kappa shape index (κ3) is 3.77. The number of halogens is 2. The lowest BCUT2D eigenvalue weighted by Gasteiger charge is -2.09. The number of alkyl halides is 2. The van der Waals surface area contributed by atoms with Crippen LogP contribution in [-0.4, -0.2) is 37.3 Å². The van der Waals surface area contributed by atoms with Gasteiger partial charge in [-0.15, -0.1) is 8.78 Å². The molecule has 1 amide bonds. The van der Waals surface area contributed by atoms with Crippen LogP contribution in [0.3, 0.4) is 0 Å². The minimum atomic E-state index is -4.26. The van der Waals surface area contributed by atoms with Gasteiger partial charge >= 0.3 is 6.29 Å². The van der Waals surface area contributed by atoms with Gasteiger partial charge in [0.15, 0.2) is 11.5 Å². The minimum Gasteiger partial charge on any atom is -0.495 e. The van der Waals surface area contributed by atoms with Crippen LogP contribution in [0.15, 0.2) is 53.6 Å². The molecule has 0 saturated carbocycles. The number of para-hydroxylation sites is 2. The van der Waals surface area contributed by atoms with Crippen molar-refractivity contribution in [3.63, 3.8) is 0 Å². The van der Waals surface area contributed by atoms with E-state index in [2.05, 4.69) is 14.5 Å². The van der Waals surface area contributed by atoms with E-state index < -0.39 is 22.2 Å². The minimum absolute atomic E-state index is 0.0578. The van der Waals surface area contributed by atoms with Crippen LogP contribution in [0.2, 0.25) is 0 Å². The summed E-state index contributed by atoms with van der Waals surface area (Å²) in [7, 11) is -1.45. The zero-order valence-electron chi connectivity index (χ0n) is 16.1. The number of sulfonamides is 1. The maximum absolute atomic E-state index is 13.5. The molecule has 1 N–H and O–H groups in total. The van der Waals surface area contributed by atoms with Gasteiger partial charge in [-0.25, -0.2) is 18.1 Å². The number of benzene rings is 2. The molecule has 162 valence electrons. The zero-order chi connectivity index (χ0) is 22.4. The monoisotopic (exact) mass is 451 g/mol. The molecule has 0 atom stereocenters. The van der Waals surface area contributed by atoms with Gasteiger partial charge < -0.3 is 18.8 Å². The highest BCUT2D eigenvalue weighted by Gasteiger charge is 2.45. The molecular formula is C19H15F2N3O6S. The number of aryl methyl sites for hydroxylation is 1. The molecule has 4 rings (SSSR count). The fraction of sp³-hybridized carbons (Fsp3) is 0.158. The van der Waals surface area contributed by atoms with Crippen molar-refractivity contribution in [3.8, 4) is 28.6 Å². The Balaban J connectivity index is 1.65. The second-order valence-electron chi connectivity index (χ2n) is 6.45. The summed E-state index contributed by atoms with van der Waals surface area (Å²) in [5.74, 6) is -1.28. The average molecular weight is 451 g/mol. The summed E-state index contributed by atoms with van der Waals surface area (Å²) >= 11 is 0. The Labute approximate surface area is 175 Å². The van der Waals surface area contributed by atoms with Crippen molar-refractivity contribution in [3.05, 3.63) is 54.4 Å². The fourth-order valence-electron chi connectivity index (χ4n) is 3.04. The molecule has 0 bridgehead atoms. The molecule has 0 radical (unpaired) electrons. The van der Waals surface area contributed by atoms with E-state index in [1.807, 2.05) is 4.72 Å². The summed E-state index contributed by atoms with van der Waals surface area (Å²) in [6.07, 6.45) is -2.57. The van der Waals surface area contributed by atoms with E-state index in [9.17, 15) is 22.0 Å². The molecule has 0 fully saturated rings. The lowest BCUT2D eigenvalue weighted by molar-refractivity contribution is -0.286. The number of carbonyl (C=O) groups is 1. The highest BCUT2D eigenvalue weighted by atomic mass is 32.2. The number of aromatic nitrogens is 2. The van der Waals surface area contributed by atoms with Gasteiger partial charge in [-0.3, -0.25) is 4.79 Å². The smallest absolute Gasteiger partial charge is 0.495 e. The van der Waals surface area contributed by atoms with Gasteiger partial charge in [0.05, 0.1) is 12.7 Å². The Morgan fingerprint density at radius 2 is 1.90 bits per heavy atom. The summed E-state index contributed by atoms with van der Waals surface area (Å²) in [6.45, 7) is 0. The standard InChI is InChI=1S/C19H15F2N3O6S/c1-24-10-12(18(25)23-31(26,27)15-9-4-3-7-13(15)28-2)22-17(24)11-6-5-8-14-16(11)30-19(20,21)29-14/h3-10H,1-2H3,(H,23,25). The van der Waals surface area contributed by atoms with Gasteiger partial charge in [0, 0.05) is 13.2 Å². The Hall–Kier alpha value is -3.67. The van der Waals surface area contributed by atoms with Crippen LogP contribution < -0.4 is 18.9 Å². The SMILES string of the molecule is COc1ccccc1S(=O)(=O)NC(=O)c1cn(C)c(-c2cccc3c2OC(F)(F)O3)n1. The maximum Gasteiger partial charge on any atom is 0.586 e. The number of methoxy groups -OCH3 is 1. The van der Waals surface area contributed by atoms with Gasteiger partial charge in [0.1, 0.15) is 22.2 Å². The van der Waals surface area contributed by atoms with Gasteiger partial charge in [-0.05, 0) is 24.3 Å². The number of carbonyl (C=O) groups excluding carboxylic acids is 1. The summed E-state index contributed by atoms with van der Waals surface area (Å²) in [4.78, 5) is 16.5. The molecular weight excluding hydrogens is 436 g/mol. The Morgan fingerprint density at radius 1 is 1.16 bits per heavy atom. The first-order valence-electron chi connectivity index (χ1n) is 8.74. The molecule has 2 aromatic carbocycles. The van der Waals surface area contributed by atoms with Crippen LogP contribution in [0.5, 0.6) is 17.2 Å². The largest absolute Gasteiger partial charge is 0.586 e. The van der Waals surface area contributed by atoms with Gasteiger partial charge in [0.2, 0.25) is 0 Å². The first-order chi connectivity index (χ1) is 14.6. The summed E-state index contributed by atoms with van der Waals surface area (Å²) in [5.41, 5.74) is -0.108. The number of amides is 1. The third-order valence-corrected chi connectivity index (χ3v) is 5.73. The first kappa shape index (κ1) is 20.6. The molecule has 0 aliphatic carbocycles. The number of hydrogen-bond donors (Lipinski definition) is 1. The summed E-state index contributed by atoms with van der Waals surface area (Å²) in [6, 6.07) is 10.00. The molecule has 0 unspecified atom stereocenters. The predicted octanol–water partition coefficient (Wildman–Crippen LogP) is 2.54. The van der Waals surface area contributed by atoms with E-state index >= 15 is 0 Å². The van der Waals surface area contributed by atoms with E-state index in [1.54, 1.807) is 6.07 Å². The zero-order valence-corrected chi connectivity index (χ0v) is 16.9. The lowest BCUT2D eigenvalue weighted by atomic mass is 10.2. The number of ether oxygens (including phenoxy) is 3. The van der Waals surface area contributed by atoms with E-state index in [0.717, 1.165) is 0 Å². The number of rotatable bonds is 5. The maximum atomic E-state index is 13.5. The van der Waals surface area contributed by atoms with Crippen molar-refractivity contribution in [2.75, 3.05) is 7.11 Å². The van der Waals surface area contributed by atoms with Crippen molar-refractivity contribution in [2.45, 2.75) is 11.2 Å². The highest BCUT2D eigenvalue weighted by molar-refractivity contribution is 7.90. The molecule has 9 nitrogen and oxygen atoms in total. The number of nitrogens with zero attached hydrogens (tertiary/aromatic N) is 2. The molecule has 0 saturated heterocycles. The van der Waals surface area contributed by atoms with Crippen molar-refractivity contribution in [1.29, 1.82) is 0 Å². The van der Waals surface area contributed by atoms with Crippen LogP contribution in [0.25, 0.3) is 11.4 Å². The molecule has 2 heterocycles. The van der Waals surface area contributed by atoms with Crippen LogP contribution in [0.4, 0.5) is 8.78 Å². The van der Waals surface area contributed by atoms with E-state index in [-0.39, 0.29) is 39.2 Å². The third-order valence-electron chi connectivity index (χ3n) is 4.36. The van der Waals surface area contributed by atoms with Crippen molar-refractivity contribution >= 4 is 15.9 Å². The van der Waals surface area contributed by atoms with Crippen LogP contribution in [0.1, 0.15) is 10.5 Å². The van der Waals surface area contributed by atoms with Gasteiger partial charge in [-0.2, -0.15) is 0 Å². The average Bonchev–Trinajstić information content (AvgIpc) is 3.25.